The lowest BCUT2D eigenvalue weighted by atomic mass is 10.1. The summed E-state index contributed by atoms with van der Waals surface area (Å²) in [6.07, 6.45) is 1.78. The van der Waals surface area contributed by atoms with Gasteiger partial charge in [-0.3, -0.25) is 15.1 Å². The third-order valence-corrected chi connectivity index (χ3v) is 5.84. The number of hydrogen-bond acceptors (Lipinski definition) is 8. The highest BCUT2D eigenvalue weighted by atomic mass is 32.2. The molecule has 3 aromatic rings. The maximum Gasteiger partial charge on any atom is 0.258 e. The standard InChI is InChI=1S/C17H15N5O2S2/c1-9-14(10(2)24-22-9)15(23)19-16-20-21-17(26-16)25-13-7-8-18-12-6-4-3-5-11(12)13/h3-9,22H,1-2H3,(H,19,20,23)/t9-/m0/s1. The number of para-hydroxylation sites is 1. The van der Waals surface area contributed by atoms with E-state index < -0.39 is 0 Å². The molecule has 132 valence electrons. The van der Waals surface area contributed by atoms with Gasteiger partial charge in [0.15, 0.2) is 4.34 Å². The molecule has 0 spiro atoms. The summed E-state index contributed by atoms with van der Waals surface area (Å²) in [6, 6.07) is 9.72. The molecule has 1 aromatic carbocycles. The highest BCUT2D eigenvalue weighted by Gasteiger charge is 2.27. The average Bonchev–Trinajstić information content (AvgIpc) is 3.21. The second-order valence-electron chi connectivity index (χ2n) is 5.67. The van der Waals surface area contributed by atoms with E-state index in [0.717, 1.165) is 20.1 Å². The fourth-order valence-corrected chi connectivity index (χ4v) is 4.50. The van der Waals surface area contributed by atoms with Gasteiger partial charge in [0.2, 0.25) is 5.13 Å². The summed E-state index contributed by atoms with van der Waals surface area (Å²) < 4.78 is 0.746. The van der Waals surface area contributed by atoms with Crippen molar-refractivity contribution in [1.29, 1.82) is 0 Å². The number of benzene rings is 1. The third kappa shape index (κ3) is 3.28. The number of anilines is 1. The van der Waals surface area contributed by atoms with Gasteiger partial charge < -0.3 is 4.84 Å². The highest BCUT2D eigenvalue weighted by molar-refractivity contribution is 8.01. The van der Waals surface area contributed by atoms with Crippen molar-refractivity contribution in [2.75, 3.05) is 5.32 Å². The van der Waals surface area contributed by atoms with E-state index in [1.54, 1.807) is 13.1 Å². The molecule has 1 amide bonds. The molecule has 1 aliphatic heterocycles. The Labute approximate surface area is 157 Å². The van der Waals surface area contributed by atoms with Crippen LogP contribution in [0.2, 0.25) is 0 Å². The molecule has 1 atom stereocenters. The predicted molar refractivity (Wildman–Crippen MR) is 101 cm³/mol. The molecule has 0 saturated carbocycles. The van der Waals surface area contributed by atoms with Crippen LogP contribution in [0.3, 0.4) is 0 Å². The minimum Gasteiger partial charge on any atom is -0.412 e. The van der Waals surface area contributed by atoms with E-state index in [-0.39, 0.29) is 11.9 Å². The van der Waals surface area contributed by atoms with E-state index in [1.165, 1.54) is 23.1 Å². The number of allylic oxidation sites excluding steroid dienone is 1. The van der Waals surface area contributed by atoms with E-state index in [9.17, 15) is 4.79 Å². The second-order valence-corrected chi connectivity index (χ2v) is 7.93. The Morgan fingerprint density at radius 3 is 2.96 bits per heavy atom. The Kier molecular flexibility index (Phi) is 4.58. The molecule has 2 aromatic heterocycles. The number of nitrogens with zero attached hydrogens (tertiary/aromatic N) is 3. The van der Waals surface area contributed by atoms with Crippen LogP contribution >= 0.6 is 23.1 Å². The summed E-state index contributed by atoms with van der Waals surface area (Å²) in [6.45, 7) is 3.61. The van der Waals surface area contributed by atoms with Crippen LogP contribution in [0.15, 0.2) is 57.1 Å². The van der Waals surface area contributed by atoms with Crippen molar-refractivity contribution in [3.05, 3.63) is 47.9 Å². The summed E-state index contributed by atoms with van der Waals surface area (Å²) in [5, 5.41) is 12.5. The Balaban J connectivity index is 1.52. The maximum absolute atomic E-state index is 12.4. The fourth-order valence-electron chi connectivity index (χ4n) is 2.67. The fraction of sp³-hybridized carbons (Fsp3) is 0.176. The molecule has 0 aliphatic carbocycles. The number of fused-ring (bicyclic) bond motifs is 1. The van der Waals surface area contributed by atoms with Gasteiger partial charge in [-0.25, -0.2) is 0 Å². The molecule has 2 N–H and O–H groups in total. The topological polar surface area (TPSA) is 89.0 Å². The molecular formula is C17H15N5O2S2. The summed E-state index contributed by atoms with van der Waals surface area (Å²) in [5.74, 6) is 0.333. The Morgan fingerprint density at radius 1 is 1.31 bits per heavy atom. The van der Waals surface area contributed by atoms with Gasteiger partial charge in [-0.05, 0) is 26.0 Å². The van der Waals surface area contributed by atoms with Gasteiger partial charge in [0, 0.05) is 16.5 Å². The molecule has 0 saturated heterocycles. The molecule has 1 aliphatic rings. The lowest BCUT2D eigenvalue weighted by molar-refractivity contribution is -0.113. The van der Waals surface area contributed by atoms with Gasteiger partial charge >= 0.3 is 0 Å². The SMILES string of the molecule is CC1=C(C(=O)Nc2nnc(Sc3ccnc4ccccc34)s2)[C@H](C)NO1. The average molecular weight is 385 g/mol. The number of carbonyl (C=O) groups excluding carboxylic acids is 1. The summed E-state index contributed by atoms with van der Waals surface area (Å²) >= 11 is 2.83. The van der Waals surface area contributed by atoms with Gasteiger partial charge in [-0.1, -0.05) is 41.3 Å². The number of aromatic nitrogens is 3. The van der Waals surface area contributed by atoms with Crippen LogP contribution in [0, 0.1) is 0 Å². The van der Waals surface area contributed by atoms with E-state index in [4.69, 9.17) is 4.84 Å². The van der Waals surface area contributed by atoms with Crippen LogP contribution in [0.1, 0.15) is 13.8 Å². The van der Waals surface area contributed by atoms with Crippen LogP contribution in [-0.2, 0) is 9.63 Å². The predicted octanol–water partition coefficient (Wildman–Crippen LogP) is 3.37. The summed E-state index contributed by atoms with van der Waals surface area (Å²) in [5.41, 5.74) is 4.26. The minimum absolute atomic E-state index is 0.167. The smallest absolute Gasteiger partial charge is 0.258 e. The van der Waals surface area contributed by atoms with Crippen molar-refractivity contribution < 1.29 is 9.63 Å². The molecule has 26 heavy (non-hydrogen) atoms. The number of pyridine rings is 1. The maximum atomic E-state index is 12.4. The van der Waals surface area contributed by atoms with Crippen LogP contribution in [0.5, 0.6) is 0 Å². The van der Waals surface area contributed by atoms with Crippen molar-refractivity contribution in [2.45, 2.75) is 29.1 Å². The Bertz CT molecular complexity index is 1010. The van der Waals surface area contributed by atoms with E-state index in [2.05, 4.69) is 26.0 Å². The molecule has 7 nitrogen and oxygen atoms in total. The molecular weight excluding hydrogens is 370 g/mol. The van der Waals surface area contributed by atoms with Crippen molar-refractivity contribution in [2.24, 2.45) is 0 Å². The lowest BCUT2D eigenvalue weighted by Crippen LogP contribution is -2.26. The quantitative estimate of drug-likeness (QED) is 0.666. The first-order chi connectivity index (χ1) is 12.6. The first-order valence-electron chi connectivity index (χ1n) is 7.91. The number of nitrogens with one attached hydrogen (secondary N) is 2. The van der Waals surface area contributed by atoms with E-state index in [1.807, 2.05) is 37.3 Å². The van der Waals surface area contributed by atoms with Crippen molar-refractivity contribution >= 4 is 45.0 Å². The summed E-state index contributed by atoms with van der Waals surface area (Å²) in [7, 11) is 0. The van der Waals surface area contributed by atoms with Crippen LogP contribution in [-0.4, -0.2) is 27.1 Å². The van der Waals surface area contributed by atoms with Gasteiger partial charge in [-0.15, -0.1) is 15.7 Å². The normalized spacial score (nSPS) is 16.8. The monoisotopic (exact) mass is 385 g/mol. The van der Waals surface area contributed by atoms with E-state index >= 15 is 0 Å². The second kappa shape index (κ2) is 7.02. The largest absolute Gasteiger partial charge is 0.412 e. The Hall–Kier alpha value is -2.49. The molecule has 0 radical (unpaired) electrons. The Morgan fingerprint density at radius 2 is 2.15 bits per heavy atom. The van der Waals surface area contributed by atoms with Crippen LogP contribution in [0.4, 0.5) is 5.13 Å². The van der Waals surface area contributed by atoms with Crippen LogP contribution in [0.25, 0.3) is 10.9 Å². The lowest BCUT2D eigenvalue weighted by Gasteiger charge is -2.05. The molecule has 4 rings (SSSR count). The highest BCUT2D eigenvalue weighted by Crippen LogP contribution is 2.35. The number of hydroxylamine groups is 1. The van der Waals surface area contributed by atoms with Crippen molar-refractivity contribution in [3.63, 3.8) is 0 Å². The first-order valence-corrected chi connectivity index (χ1v) is 9.54. The zero-order valence-electron chi connectivity index (χ0n) is 14.0. The number of rotatable bonds is 4. The molecule has 0 unspecified atom stereocenters. The van der Waals surface area contributed by atoms with Crippen molar-refractivity contribution in [3.8, 4) is 0 Å². The number of carbonyl (C=O) groups is 1. The van der Waals surface area contributed by atoms with Gasteiger partial charge in [0.05, 0.1) is 17.1 Å². The number of amides is 1. The zero-order valence-corrected chi connectivity index (χ0v) is 15.6. The van der Waals surface area contributed by atoms with Crippen molar-refractivity contribution in [1.82, 2.24) is 20.7 Å². The number of hydrogen-bond donors (Lipinski definition) is 2. The molecule has 0 bridgehead atoms. The van der Waals surface area contributed by atoms with Gasteiger partial charge in [-0.2, -0.15) is 0 Å². The van der Waals surface area contributed by atoms with Gasteiger partial charge in [0.25, 0.3) is 5.91 Å². The van der Waals surface area contributed by atoms with Gasteiger partial charge in [0.1, 0.15) is 5.76 Å². The zero-order chi connectivity index (χ0) is 18.1. The first kappa shape index (κ1) is 17.0. The summed E-state index contributed by atoms with van der Waals surface area (Å²) in [4.78, 5) is 23.0. The van der Waals surface area contributed by atoms with Crippen LogP contribution < -0.4 is 10.8 Å². The van der Waals surface area contributed by atoms with E-state index in [0.29, 0.717) is 16.5 Å². The molecule has 3 heterocycles. The third-order valence-electron chi connectivity index (χ3n) is 3.88. The molecule has 0 fully saturated rings. The minimum atomic E-state index is -0.234. The molecule has 9 heteroatoms.